The van der Waals surface area contributed by atoms with E-state index in [9.17, 15) is 4.79 Å². The van der Waals surface area contributed by atoms with Crippen LogP contribution < -0.4 is 20.1 Å². The van der Waals surface area contributed by atoms with Gasteiger partial charge in [-0.05, 0) is 42.5 Å². The van der Waals surface area contributed by atoms with Crippen molar-refractivity contribution >= 4 is 51.4 Å². The van der Waals surface area contributed by atoms with Gasteiger partial charge in [-0.15, -0.1) is 10.2 Å². The van der Waals surface area contributed by atoms with Crippen molar-refractivity contribution < 1.29 is 14.3 Å². The number of methoxy groups -OCH3 is 1. The van der Waals surface area contributed by atoms with E-state index in [1.807, 2.05) is 0 Å². The first-order valence-electron chi connectivity index (χ1n) is 7.66. The summed E-state index contributed by atoms with van der Waals surface area (Å²) < 4.78 is 10.7. The van der Waals surface area contributed by atoms with Gasteiger partial charge in [0.05, 0.1) is 12.1 Å². The molecule has 0 unspecified atom stereocenters. The summed E-state index contributed by atoms with van der Waals surface area (Å²) in [4.78, 5) is 12.0. The number of aromatic nitrogens is 2. The van der Waals surface area contributed by atoms with Crippen molar-refractivity contribution in [3.63, 3.8) is 0 Å². The molecule has 0 aliphatic rings. The molecule has 0 saturated carbocycles. The van der Waals surface area contributed by atoms with Crippen molar-refractivity contribution in [1.29, 1.82) is 0 Å². The first-order valence-corrected chi connectivity index (χ1v) is 9.23. The van der Waals surface area contributed by atoms with Crippen LogP contribution in [0.5, 0.6) is 11.5 Å². The smallest absolute Gasteiger partial charge is 0.325 e. The number of nitrogens with zero attached hydrogens (tertiary/aromatic N) is 2. The molecule has 0 radical (unpaired) electrons. The van der Waals surface area contributed by atoms with Gasteiger partial charge in [0.1, 0.15) is 18.1 Å². The van der Waals surface area contributed by atoms with E-state index in [2.05, 4.69) is 20.8 Å². The van der Waals surface area contributed by atoms with Crippen LogP contribution in [0.3, 0.4) is 0 Å². The Morgan fingerprint density at radius 3 is 2.59 bits per heavy atom. The molecule has 1 aromatic heterocycles. The van der Waals surface area contributed by atoms with E-state index in [1.54, 1.807) is 49.6 Å². The molecule has 0 saturated heterocycles. The molecular formula is C17H14Cl2N4O3S. The summed E-state index contributed by atoms with van der Waals surface area (Å²) in [5, 5.41) is 15.1. The number of halogens is 2. The largest absolute Gasteiger partial charge is 0.497 e. The highest BCUT2D eigenvalue weighted by Crippen LogP contribution is 2.28. The zero-order chi connectivity index (χ0) is 19.2. The van der Waals surface area contributed by atoms with Crippen molar-refractivity contribution in [2.45, 2.75) is 6.61 Å². The summed E-state index contributed by atoms with van der Waals surface area (Å²) in [7, 11) is 1.58. The first kappa shape index (κ1) is 19.2. The Kier molecular flexibility index (Phi) is 6.33. The zero-order valence-electron chi connectivity index (χ0n) is 14.0. The minimum absolute atomic E-state index is 0.167. The minimum atomic E-state index is -0.426. The highest BCUT2D eigenvalue weighted by atomic mass is 35.5. The van der Waals surface area contributed by atoms with Gasteiger partial charge < -0.3 is 14.8 Å². The summed E-state index contributed by atoms with van der Waals surface area (Å²) in [6.07, 6.45) is 0. The molecule has 0 bridgehead atoms. The third kappa shape index (κ3) is 5.46. The fourth-order valence-electron chi connectivity index (χ4n) is 2.03. The predicted octanol–water partition coefficient (Wildman–Crippen LogP) is 5.08. The summed E-state index contributed by atoms with van der Waals surface area (Å²) in [5.74, 6) is 1.19. The lowest BCUT2D eigenvalue weighted by Crippen LogP contribution is -2.19. The van der Waals surface area contributed by atoms with E-state index in [0.717, 1.165) is 0 Å². The SMILES string of the molecule is COc1ccc(NC(=O)Nc2nnc(COc3ccc(Cl)cc3Cl)s2)cc1. The number of anilines is 2. The van der Waals surface area contributed by atoms with E-state index in [1.165, 1.54) is 11.3 Å². The van der Waals surface area contributed by atoms with Crippen LogP contribution in [0.1, 0.15) is 5.01 Å². The molecule has 2 N–H and O–H groups in total. The van der Waals surface area contributed by atoms with Crippen molar-refractivity contribution in [3.8, 4) is 11.5 Å². The molecule has 0 fully saturated rings. The second-order valence-corrected chi connectivity index (χ2v) is 7.08. The lowest BCUT2D eigenvalue weighted by atomic mass is 10.3. The molecule has 3 rings (SSSR count). The third-order valence-electron chi connectivity index (χ3n) is 3.28. The molecule has 2 aromatic carbocycles. The molecule has 7 nitrogen and oxygen atoms in total. The molecule has 0 aliphatic carbocycles. The Morgan fingerprint density at radius 2 is 1.89 bits per heavy atom. The summed E-state index contributed by atoms with van der Waals surface area (Å²) >= 11 is 13.1. The van der Waals surface area contributed by atoms with Gasteiger partial charge in [-0.2, -0.15) is 0 Å². The average Bonchev–Trinajstić information content (AvgIpc) is 3.09. The monoisotopic (exact) mass is 424 g/mol. The van der Waals surface area contributed by atoms with Crippen molar-refractivity contribution in [1.82, 2.24) is 10.2 Å². The Bertz CT molecular complexity index is 934. The molecule has 0 aliphatic heterocycles. The fraction of sp³-hybridized carbons (Fsp3) is 0.118. The number of hydrogen-bond donors (Lipinski definition) is 2. The molecule has 10 heteroatoms. The lowest BCUT2D eigenvalue weighted by molar-refractivity contribution is 0.262. The van der Waals surface area contributed by atoms with Gasteiger partial charge in [0.15, 0.2) is 5.01 Å². The van der Waals surface area contributed by atoms with Crippen LogP contribution in [0.25, 0.3) is 0 Å². The van der Waals surface area contributed by atoms with E-state index < -0.39 is 6.03 Å². The van der Waals surface area contributed by atoms with Gasteiger partial charge in [-0.1, -0.05) is 34.5 Å². The molecule has 27 heavy (non-hydrogen) atoms. The van der Waals surface area contributed by atoms with Gasteiger partial charge in [0.2, 0.25) is 5.13 Å². The maximum Gasteiger partial charge on any atom is 0.325 e. The number of ether oxygens (including phenoxy) is 2. The lowest BCUT2D eigenvalue weighted by Gasteiger charge is -2.06. The normalized spacial score (nSPS) is 10.3. The van der Waals surface area contributed by atoms with Crippen LogP contribution in [0, 0.1) is 0 Å². The van der Waals surface area contributed by atoms with Gasteiger partial charge in [0, 0.05) is 10.7 Å². The third-order valence-corrected chi connectivity index (χ3v) is 4.62. The first-order chi connectivity index (χ1) is 13.0. The molecule has 1 heterocycles. The van der Waals surface area contributed by atoms with Crippen LogP contribution in [-0.4, -0.2) is 23.3 Å². The van der Waals surface area contributed by atoms with Crippen LogP contribution in [0.2, 0.25) is 10.0 Å². The number of urea groups is 1. The number of hydrogen-bond acceptors (Lipinski definition) is 6. The van der Waals surface area contributed by atoms with Crippen molar-refractivity contribution in [2.75, 3.05) is 17.7 Å². The van der Waals surface area contributed by atoms with Crippen LogP contribution in [0.15, 0.2) is 42.5 Å². The maximum atomic E-state index is 12.0. The quantitative estimate of drug-likeness (QED) is 0.576. The van der Waals surface area contributed by atoms with Crippen molar-refractivity contribution in [2.24, 2.45) is 0 Å². The van der Waals surface area contributed by atoms with E-state index in [0.29, 0.717) is 37.4 Å². The molecule has 3 aromatic rings. The van der Waals surface area contributed by atoms with Gasteiger partial charge in [-0.3, -0.25) is 5.32 Å². The molecule has 2 amide bonds. The van der Waals surface area contributed by atoms with Crippen LogP contribution in [0.4, 0.5) is 15.6 Å². The number of benzene rings is 2. The highest BCUT2D eigenvalue weighted by molar-refractivity contribution is 7.15. The minimum Gasteiger partial charge on any atom is -0.497 e. The van der Waals surface area contributed by atoms with E-state index >= 15 is 0 Å². The van der Waals surface area contributed by atoms with E-state index in [4.69, 9.17) is 32.7 Å². The van der Waals surface area contributed by atoms with Gasteiger partial charge >= 0.3 is 6.03 Å². The van der Waals surface area contributed by atoms with Crippen LogP contribution >= 0.6 is 34.5 Å². The Balaban J connectivity index is 1.53. The molecule has 0 atom stereocenters. The Labute approximate surface area is 169 Å². The highest BCUT2D eigenvalue weighted by Gasteiger charge is 2.10. The molecule has 0 spiro atoms. The number of carbonyl (C=O) groups is 1. The zero-order valence-corrected chi connectivity index (χ0v) is 16.4. The second kappa shape index (κ2) is 8.90. The van der Waals surface area contributed by atoms with Crippen LogP contribution in [-0.2, 0) is 6.61 Å². The van der Waals surface area contributed by atoms with E-state index in [-0.39, 0.29) is 6.61 Å². The second-order valence-electron chi connectivity index (χ2n) is 5.17. The molecule has 140 valence electrons. The fourth-order valence-corrected chi connectivity index (χ4v) is 3.14. The standard InChI is InChI=1S/C17H14Cl2N4O3S/c1-25-12-5-3-11(4-6-12)20-16(24)21-17-23-22-15(27-17)9-26-14-7-2-10(18)8-13(14)19/h2-8H,9H2,1H3,(H2,20,21,23,24). The average molecular weight is 425 g/mol. The maximum absolute atomic E-state index is 12.0. The molecular weight excluding hydrogens is 411 g/mol. The topological polar surface area (TPSA) is 85.4 Å². The Hall–Kier alpha value is -2.55. The number of amides is 2. The number of carbonyl (C=O) groups excluding carboxylic acids is 1. The predicted molar refractivity (Wildman–Crippen MR) is 106 cm³/mol. The van der Waals surface area contributed by atoms with Gasteiger partial charge in [-0.25, -0.2) is 4.79 Å². The summed E-state index contributed by atoms with van der Waals surface area (Å²) in [6.45, 7) is 0.167. The van der Waals surface area contributed by atoms with Gasteiger partial charge in [0.25, 0.3) is 0 Å². The summed E-state index contributed by atoms with van der Waals surface area (Å²) in [5.41, 5.74) is 0.624. The van der Waals surface area contributed by atoms with Crippen molar-refractivity contribution in [3.05, 3.63) is 57.5 Å². The number of nitrogens with one attached hydrogen (secondary N) is 2. The Morgan fingerprint density at radius 1 is 1.11 bits per heavy atom. The summed E-state index contributed by atoms with van der Waals surface area (Å²) in [6, 6.07) is 11.5. The number of rotatable bonds is 6.